The number of carbonyl (C=O) groups excluding carboxylic acids is 1. The number of nitrogens with zero attached hydrogens (tertiary/aromatic N) is 3. The number of pyridine rings is 1. The molecule has 1 saturated carbocycles. The van der Waals surface area contributed by atoms with Gasteiger partial charge in [0.05, 0.1) is 17.6 Å². The zero-order valence-corrected chi connectivity index (χ0v) is 13.7. The molecule has 1 fully saturated rings. The van der Waals surface area contributed by atoms with Crippen molar-refractivity contribution in [1.29, 1.82) is 0 Å². The number of ketones is 1. The van der Waals surface area contributed by atoms with Crippen molar-refractivity contribution in [2.45, 2.75) is 44.7 Å². The summed E-state index contributed by atoms with van der Waals surface area (Å²) in [5, 5.41) is 12.9. The number of Topliss-reactive ketones (excluding diaryl/α,β-unsaturated/α-hetero) is 1. The molecule has 7 heteroatoms. The lowest BCUT2D eigenvalue weighted by molar-refractivity contribution is 0.0974. The molecule has 23 heavy (non-hydrogen) atoms. The fourth-order valence-corrected chi connectivity index (χ4v) is 4.10. The van der Waals surface area contributed by atoms with E-state index in [2.05, 4.69) is 15.3 Å². The van der Waals surface area contributed by atoms with Gasteiger partial charge in [0.25, 0.3) is 0 Å². The Morgan fingerprint density at radius 2 is 2.30 bits per heavy atom. The third-order valence-corrected chi connectivity index (χ3v) is 5.26. The molecule has 0 saturated heterocycles. The SMILES string of the molecule is CC1CC(=O)c2c(Cl)nc3c(ncn3C3CCC(CO)C3)c2N1. The molecule has 6 nitrogen and oxygen atoms in total. The monoisotopic (exact) mass is 334 g/mol. The van der Waals surface area contributed by atoms with E-state index in [1.54, 1.807) is 6.33 Å². The summed E-state index contributed by atoms with van der Waals surface area (Å²) in [6.07, 6.45) is 5.12. The van der Waals surface area contributed by atoms with E-state index in [0.717, 1.165) is 19.3 Å². The number of anilines is 1. The van der Waals surface area contributed by atoms with Gasteiger partial charge in [-0.3, -0.25) is 4.79 Å². The molecule has 3 unspecified atom stereocenters. The molecule has 0 bridgehead atoms. The number of nitrogens with one attached hydrogen (secondary N) is 1. The van der Waals surface area contributed by atoms with Crippen LogP contribution in [0.4, 0.5) is 5.69 Å². The predicted octanol–water partition coefficient (Wildman–Crippen LogP) is 2.80. The normalized spacial score (nSPS) is 27.3. The van der Waals surface area contributed by atoms with E-state index < -0.39 is 0 Å². The van der Waals surface area contributed by atoms with Gasteiger partial charge < -0.3 is 15.0 Å². The molecular formula is C16H19ClN4O2. The molecule has 2 N–H and O–H groups in total. The van der Waals surface area contributed by atoms with Gasteiger partial charge in [-0.15, -0.1) is 0 Å². The third kappa shape index (κ3) is 2.32. The molecule has 2 aliphatic rings. The number of aliphatic hydroxyl groups is 1. The van der Waals surface area contributed by atoms with Crippen LogP contribution in [0.5, 0.6) is 0 Å². The quantitative estimate of drug-likeness (QED) is 0.825. The van der Waals surface area contributed by atoms with Crippen molar-refractivity contribution >= 4 is 34.2 Å². The summed E-state index contributed by atoms with van der Waals surface area (Å²) >= 11 is 6.30. The zero-order chi connectivity index (χ0) is 16.1. The first kappa shape index (κ1) is 14.9. The molecule has 1 aliphatic heterocycles. The van der Waals surface area contributed by atoms with Gasteiger partial charge in [-0.1, -0.05) is 11.6 Å². The smallest absolute Gasteiger partial charge is 0.170 e. The summed E-state index contributed by atoms with van der Waals surface area (Å²) in [6.45, 7) is 2.20. The lowest BCUT2D eigenvalue weighted by atomic mass is 9.99. The second-order valence-electron chi connectivity index (χ2n) is 6.66. The first-order chi connectivity index (χ1) is 11.1. The molecule has 2 aromatic rings. The Morgan fingerprint density at radius 3 is 3.04 bits per heavy atom. The van der Waals surface area contributed by atoms with Gasteiger partial charge in [0, 0.05) is 25.1 Å². The number of carbonyl (C=O) groups is 1. The van der Waals surface area contributed by atoms with Crippen LogP contribution in [-0.4, -0.2) is 38.1 Å². The Bertz CT molecular complexity index is 788. The number of aromatic nitrogens is 3. The van der Waals surface area contributed by atoms with Crippen molar-refractivity contribution in [2.75, 3.05) is 11.9 Å². The molecular weight excluding hydrogens is 316 g/mol. The summed E-state index contributed by atoms with van der Waals surface area (Å²) in [4.78, 5) is 21.2. The highest BCUT2D eigenvalue weighted by Gasteiger charge is 2.31. The first-order valence-corrected chi connectivity index (χ1v) is 8.43. The highest BCUT2D eigenvalue weighted by atomic mass is 35.5. The van der Waals surface area contributed by atoms with Crippen LogP contribution in [0.3, 0.4) is 0 Å². The highest BCUT2D eigenvalue weighted by molar-refractivity contribution is 6.34. The van der Waals surface area contributed by atoms with Crippen LogP contribution in [0.2, 0.25) is 5.15 Å². The largest absolute Gasteiger partial charge is 0.396 e. The molecule has 0 spiro atoms. The van der Waals surface area contributed by atoms with E-state index in [4.69, 9.17) is 11.6 Å². The fraction of sp³-hybridized carbons (Fsp3) is 0.562. The van der Waals surface area contributed by atoms with E-state index in [1.807, 2.05) is 11.5 Å². The molecule has 122 valence electrons. The van der Waals surface area contributed by atoms with Gasteiger partial charge in [-0.25, -0.2) is 9.97 Å². The molecule has 0 amide bonds. The van der Waals surface area contributed by atoms with Crippen molar-refractivity contribution < 1.29 is 9.90 Å². The van der Waals surface area contributed by atoms with Crippen molar-refractivity contribution in [2.24, 2.45) is 5.92 Å². The van der Waals surface area contributed by atoms with Gasteiger partial charge in [0.2, 0.25) is 0 Å². The summed E-state index contributed by atoms with van der Waals surface area (Å²) in [7, 11) is 0. The van der Waals surface area contributed by atoms with Crippen molar-refractivity contribution in [3.05, 3.63) is 17.0 Å². The van der Waals surface area contributed by atoms with Gasteiger partial charge in [-0.05, 0) is 32.1 Å². The maximum Gasteiger partial charge on any atom is 0.170 e. The van der Waals surface area contributed by atoms with Gasteiger partial charge in [-0.2, -0.15) is 0 Å². The Morgan fingerprint density at radius 1 is 1.48 bits per heavy atom. The Hall–Kier alpha value is -1.66. The van der Waals surface area contributed by atoms with Crippen LogP contribution in [-0.2, 0) is 0 Å². The number of halogens is 1. The maximum absolute atomic E-state index is 12.3. The fourth-order valence-electron chi connectivity index (χ4n) is 3.82. The Labute approximate surface area is 138 Å². The summed E-state index contributed by atoms with van der Waals surface area (Å²) in [5.41, 5.74) is 2.59. The van der Waals surface area contributed by atoms with Crippen LogP contribution in [0.25, 0.3) is 11.2 Å². The number of hydrogen-bond donors (Lipinski definition) is 2. The van der Waals surface area contributed by atoms with Crippen LogP contribution in [0.15, 0.2) is 6.33 Å². The van der Waals surface area contributed by atoms with E-state index >= 15 is 0 Å². The standard InChI is InChI=1S/C16H19ClN4O2/c1-8-4-11(23)12-13(19-8)14-16(20-15(12)17)21(7-18-14)10-3-2-9(5-10)6-22/h7-10,19,22H,2-6H2,1H3. The topological polar surface area (TPSA) is 80.0 Å². The summed E-state index contributed by atoms with van der Waals surface area (Å²) < 4.78 is 2.04. The molecule has 3 heterocycles. The molecule has 0 radical (unpaired) electrons. The van der Waals surface area contributed by atoms with Gasteiger partial charge in [0.1, 0.15) is 10.7 Å². The second kappa shape index (κ2) is 5.46. The minimum Gasteiger partial charge on any atom is -0.396 e. The van der Waals surface area contributed by atoms with Crippen LogP contribution in [0, 0.1) is 5.92 Å². The van der Waals surface area contributed by atoms with Gasteiger partial charge >= 0.3 is 0 Å². The van der Waals surface area contributed by atoms with Crippen LogP contribution >= 0.6 is 11.6 Å². The minimum atomic E-state index is 0.0152. The molecule has 4 rings (SSSR count). The van der Waals surface area contributed by atoms with Crippen molar-refractivity contribution in [3.8, 4) is 0 Å². The molecule has 3 atom stereocenters. The van der Waals surface area contributed by atoms with Crippen molar-refractivity contribution in [3.63, 3.8) is 0 Å². The van der Waals surface area contributed by atoms with E-state index in [9.17, 15) is 9.90 Å². The number of fused-ring (bicyclic) bond motifs is 3. The number of imidazole rings is 1. The molecule has 2 aromatic heterocycles. The van der Waals surface area contributed by atoms with E-state index in [0.29, 0.717) is 34.8 Å². The Kier molecular flexibility index (Phi) is 3.54. The summed E-state index contributed by atoms with van der Waals surface area (Å²) in [5.74, 6) is 0.353. The number of hydrogen-bond acceptors (Lipinski definition) is 5. The third-order valence-electron chi connectivity index (χ3n) is 4.99. The second-order valence-corrected chi connectivity index (χ2v) is 7.02. The zero-order valence-electron chi connectivity index (χ0n) is 12.9. The number of rotatable bonds is 2. The summed E-state index contributed by atoms with van der Waals surface area (Å²) in [6, 6.07) is 0.336. The average molecular weight is 335 g/mol. The maximum atomic E-state index is 12.3. The van der Waals surface area contributed by atoms with E-state index in [1.165, 1.54) is 0 Å². The number of aliphatic hydroxyl groups excluding tert-OH is 1. The van der Waals surface area contributed by atoms with Crippen LogP contribution in [0.1, 0.15) is 49.0 Å². The van der Waals surface area contributed by atoms with E-state index in [-0.39, 0.29) is 29.6 Å². The van der Waals surface area contributed by atoms with Crippen molar-refractivity contribution in [1.82, 2.24) is 14.5 Å². The molecule has 0 aromatic carbocycles. The predicted molar refractivity (Wildman–Crippen MR) is 88.0 cm³/mol. The minimum absolute atomic E-state index is 0.0152. The lowest BCUT2D eigenvalue weighted by Gasteiger charge is -2.24. The molecule has 1 aliphatic carbocycles. The Balaban J connectivity index is 1.83. The lowest BCUT2D eigenvalue weighted by Crippen LogP contribution is -2.27. The highest BCUT2D eigenvalue weighted by Crippen LogP contribution is 2.39. The van der Waals surface area contributed by atoms with Gasteiger partial charge in [0.15, 0.2) is 11.4 Å². The average Bonchev–Trinajstić information content (AvgIpc) is 3.12. The van der Waals surface area contributed by atoms with Crippen LogP contribution < -0.4 is 5.32 Å². The first-order valence-electron chi connectivity index (χ1n) is 8.05.